The Bertz CT molecular complexity index is 635. The molecule has 0 bridgehead atoms. The Kier molecular flexibility index (Phi) is 4.88. The van der Waals surface area contributed by atoms with Crippen LogP contribution in [0.1, 0.15) is 36.2 Å². The normalized spacial score (nSPS) is 11.7. The molecule has 3 nitrogen and oxygen atoms in total. The molecule has 0 aromatic heterocycles. The Labute approximate surface area is 125 Å². The van der Waals surface area contributed by atoms with E-state index in [-0.39, 0.29) is 17.6 Å². The fourth-order valence-corrected chi connectivity index (χ4v) is 1.95. The van der Waals surface area contributed by atoms with Crippen molar-refractivity contribution in [3.05, 3.63) is 65.7 Å². The van der Waals surface area contributed by atoms with Gasteiger partial charge in [0.15, 0.2) is 5.78 Å². The molecule has 0 fully saturated rings. The first-order valence-corrected chi connectivity index (χ1v) is 7.12. The quantitative estimate of drug-likeness (QED) is 0.845. The Morgan fingerprint density at radius 1 is 1.00 bits per heavy atom. The van der Waals surface area contributed by atoms with Crippen LogP contribution in [0.5, 0.6) is 0 Å². The molecule has 1 amide bonds. The molecule has 108 valence electrons. The molecule has 1 N–H and O–H groups in total. The van der Waals surface area contributed by atoms with E-state index < -0.39 is 0 Å². The summed E-state index contributed by atoms with van der Waals surface area (Å²) < 4.78 is 0. The molecule has 0 aliphatic rings. The fourth-order valence-electron chi connectivity index (χ4n) is 1.95. The van der Waals surface area contributed by atoms with E-state index in [1.54, 1.807) is 36.4 Å². The molecular weight excluding hydrogens is 262 g/mol. The SMILES string of the molecule is CCC(C)C(=O)Nc1cccc(C(=O)c2ccccc2)c1. The van der Waals surface area contributed by atoms with Crippen molar-refractivity contribution in [1.29, 1.82) is 0 Å². The fraction of sp³-hybridized carbons (Fsp3) is 0.222. The summed E-state index contributed by atoms with van der Waals surface area (Å²) in [5.74, 6) is -0.115. The molecule has 0 saturated carbocycles. The van der Waals surface area contributed by atoms with Crippen molar-refractivity contribution in [3.63, 3.8) is 0 Å². The van der Waals surface area contributed by atoms with Crippen LogP contribution in [-0.2, 0) is 4.79 Å². The maximum atomic E-state index is 12.4. The van der Waals surface area contributed by atoms with Gasteiger partial charge in [-0.3, -0.25) is 9.59 Å². The van der Waals surface area contributed by atoms with Gasteiger partial charge in [-0.25, -0.2) is 0 Å². The minimum absolute atomic E-state index is 0.0261. The van der Waals surface area contributed by atoms with E-state index in [1.165, 1.54) is 0 Å². The van der Waals surface area contributed by atoms with Crippen LogP contribution in [0.2, 0.25) is 0 Å². The van der Waals surface area contributed by atoms with Gasteiger partial charge >= 0.3 is 0 Å². The summed E-state index contributed by atoms with van der Waals surface area (Å²) >= 11 is 0. The zero-order valence-corrected chi connectivity index (χ0v) is 12.3. The number of hydrogen-bond donors (Lipinski definition) is 1. The number of amides is 1. The van der Waals surface area contributed by atoms with Gasteiger partial charge < -0.3 is 5.32 Å². The average molecular weight is 281 g/mol. The highest BCUT2D eigenvalue weighted by atomic mass is 16.2. The van der Waals surface area contributed by atoms with E-state index in [0.29, 0.717) is 16.8 Å². The second-order valence-corrected chi connectivity index (χ2v) is 5.07. The van der Waals surface area contributed by atoms with Crippen LogP contribution in [0.15, 0.2) is 54.6 Å². The first-order valence-electron chi connectivity index (χ1n) is 7.12. The van der Waals surface area contributed by atoms with E-state index in [1.807, 2.05) is 32.0 Å². The van der Waals surface area contributed by atoms with Gasteiger partial charge in [0.2, 0.25) is 5.91 Å². The van der Waals surface area contributed by atoms with E-state index in [2.05, 4.69) is 5.32 Å². The molecule has 0 aliphatic heterocycles. The summed E-state index contributed by atoms with van der Waals surface area (Å²) in [7, 11) is 0. The number of carbonyl (C=O) groups is 2. The van der Waals surface area contributed by atoms with E-state index in [0.717, 1.165) is 6.42 Å². The van der Waals surface area contributed by atoms with Crippen LogP contribution in [0.4, 0.5) is 5.69 Å². The molecule has 0 heterocycles. The maximum Gasteiger partial charge on any atom is 0.227 e. The molecule has 2 rings (SSSR count). The highest BCUT2D eigenvalue weighted by Gasteiger charge is 2.12. The summed E-state index contributed by atoms with van der Waals surface area (Å²) in [6.45, 7) is 3.86. The van der Waals surface area contributed by atoms with Crippen LogP contribution in [0, 0.1) is 5.92 Å². The second-order valence-electron chi connectivity index (χ2n) is 5.07. The van der Waals surface area contributed by atoms with Crippen molar-refractivity contribution in [2.75, 3.05) is 5.32 Å². The predicted molar refractivity (Wildman–Crippen MR) is 84.4 cm³/mol. The van der Waals surface area contributed by atoms with E-state index in [4.69, 9.17) is 0 Å². The minimum Gasteiger partial charge on any atom is -0.326 e. The van der Waals surface area contributed by atoms with Crippen LogP contribution in [0.3, 0.4) is 0 Å². The number of hydrogen-bond acceptors (Lipinski definition) is 2. The number of anilines is 1. The van der Waals surface area contributed by atoms with Crippen LogP contribution in [-0.4, -0.2) is 11.7 Å². The van der Waals surface area contributed by atoms with Crippen molar-refractivity contribution in [2.45, 2.75) is 20.3 Å². The van der Waals surface area contributed by atoms with Crippen molar-refractivity contribution >= 4 is 17.4 Å². The number of benzene rings is 2. The Hall–Kier alpha value is -2.42. The van der Waals surface area contributed by atoms with Gasteiger partial charge in [-0.1, -0.05) is 56.3 Å². The minimum atomic E-state index is -0.0461. The molecular formula is C18H19NO2. The Morgan fingerprint density at radius 3 is 2.33 bits per heavy atom. The zero-order valence-electron chi connectivity index (χ0n) is 12.3. The second kappa shape index (κ2) is 6.84. The maximum absolute atomic E-state index is 12.4. The van der Waals surface area contributed by atoms with Crippen molar-refractivity contribution in [1.82, 2.24) is 0 Å². The molecule has 0 spiro atoms. The average Bonchev–Trinajstić information content (AvgIpc) is 2.54. The van der Waals surface area contributed by atoms with Crippen LogP contribution < -0.4 is 5.32 Å². The van der Waals surface area contributed by atoms with Gasteiger partial charge in [-0.05, 0) is 18.6 Å². The number of carbonyl (C=O) groups excluding carboxylic acids is 2. The lowest BCUT2D eigenvalue weighted by Gasteiger charge is -2.11. The molecule has 3 heteroatoms. The Morgan fingerprint density at radius 2 is 1.67 bits per heavy atom. The third-order valence-electron chi connectivity index (χ3n) is 3.49. The molecule has 1 unspecified atom stereocenters. The smallest absolute Gasteiger partial charge is 0.227 e. The summed E-state index contributed by atoms with van der Waals surface area (Å²) in [5.41, 5.74) is 1.87. The summed E-state index contributed by atoms with van der Waals surface area (Å²) in [5, 5.41) is 2.85. The molecule has 0 radical (unpaired) electrons. The predicted octanol–water partition coefficient (Wildman–Crippen LogP) is 3.90. The van der Waals surface area contributed by atoms with E-state index >= 15 is 0 Å². The van der Waals surface area contributed by atoms with Crippen LogP contribution >= 0.6 is 0 Å². The first kappa shape index (κ1) is 15.0. The summed E-state index contributed by atoms with van der Waals surface area (Å²) in [6, 6.07) is 16.2. The van der Waals surface area contributed by atoms with Gasteiger partial charge in [-0.15, -0.1) is 0 Å². The third-order valence-corrected chi connectivity index (χ3v) is 3.49. The van der Waals surface area contributed by atoms with Gasteiger partial charge in [0, 0.05) is 22.7 Å². The van der Waals surface area contributed by atoms with Crippen molar-refractivity contribution in [3.8, 4) is 0 Å². The largest absolute Gasteiger partial charge is 0.326 e. The van der Waals surface area contributed by atoms with Gasteiger partial charge in [0.1, 0.15) is 0 Å². The lowest BCUT2D eigenvalue weighted by molar-refractivity contribution is -0.119. The number of rotatable bonds is 5. The first-order chi connectivity index (χ1) is 10.1. The van der Waals surface area contributed by atoms with Gasteiger partial charge in [0.05, 0.1) is 0 Å². The topological polar surface area (TPSA) is 46.2 Å². The lowest BCUT2D eigenvalue weighted by Crippen LogP contribution is -2.19. The third kappa shape index (κ3) is 3.78. The highest BCUT2D eigenvalue weighted by molar-refractivity contribution is 6.09. The number of nitrogens with one attached hydrogen (secondary N) is 1. The molecule has 0 aliphatic carbocycles. The molecule has 1 atom stereocenters. The summed E-state index contributed by atoms with van der Waals surface area (Å²) in [6.07, 6.45) is 0.786. The number of ketones is 1. The summed E-state index contributed by atoms with van der Waals surface area (Å²) in [4.78, 5) is 24.3. The molecule has 2 aromatic rings. The zero-order chi connectivity index (χ0) is 15.2. The Balaban J connectivity index is 2.18. The molecule has 0 saturated heterocycles. The standard InChI is InChI=1S/C18H19NO2/c1-3-13(2)18(21)19-16-11-7-10-15(12-16)17(20)14-8-5-4-6-9-14/h4-13H,3H2,1-2H3,(H,19,21). The van der Waals surface area contributed by atoms with E-state index in [9.17, 15) is 9.59 Å². The highest BCUT2D eigenvalue weighted by Crippen LogP contribution is 2.16. The lowest BCUT2D eigenvalue weighted by atomic mass is 10.0. The van der Waals surface area contributed by atoms with Crippen LogP contribution in [0.25, 0.3) is 0 Å². The van der Waals surface area contributed by atoms with Crippen molar-refractivity contribution in [2.24, 2.45) is 5.92 Å². The monoisotopic (exact) mass is 281 g/mol. The molecule has 21 heavy (non-hydrogen) atoms. The van der Waals surface area contributed by atoms with Gasteiger partial charge in [0.25, 0.3) is 0 Å². The van der Waals surface area contributed by atoms with Gasteiger partial charge in [-0.2, -0.15) is 0 Å². The molecule has 2 aromatic carbocycles. The van der Waals surface area contributed by atoms with Crippen molar-refractivity contribution < 1.29 is 9.59 Å².